The van der Waals surface area contributed by atoms with Crippen molar-refractivity contribution in [1.82, 2.24) is 0 Å². The fourth-order valence-corrected chi connectivity index (χ4v) is 2.03. The second-order valence-corrected chi connectivity index (χ2v) is 4.69. The van der Waals surface area contributed by atoms with E-state index in [-0.39, 0.29) is 5.82 Å². The Hall–Kier alpha value is -0.740. The molecule has 0 aliphatic rings. The van der Waals surface area contributed by atoms with Gasteiger partial charge in [0, 0.05) is 11.5 Å². The SMILES string of the molecule is CCCOCCS(=O)c1ccc(F)cc1. The lowest BCUT2D eigenvalue weighted by atomic mass is 10.4. The van der Waals surface area contributed by atoms with Crippen LogP contribution in [0.25, 0.3) is 0 Å². The minimum Gasteiger partial charge on any atom is -0.380 e. The van der Waals surface area contributed by atoms with Crippen molar-refractivity contribution in [3.63, 3.8) is 0 Å². The van der Waals surface area contributed by atoms with E-state index in [1.807, 2.05) is 6.92 Å². The molecule has 1 rings (SSSR count). The maximum Gasteiger partial charge on any atom is 0.123 e. The molecule has 1 aromatic carbocycles. The normalized spacial score (nSPS) is 12.7. The number of rotatable bonds is 6. The van der Waals surface area contributed by atoms with Crippen LogP contribution in [0.15, 0.2) is 29.2 Å². The number of hydrogen-bond donors (Lipinski definition) is 0. The zero-order valence-corrected chi connectivity index (χ0v) is 9.56. The molecule has 0 N–H and O–H groups in total. The molecule has 1 aromatic rings. The van der Waals surface area contributed by atoms with Crippen LogP contribution < -0.4 is 0 Å². The molecule has 0 aliphatic heterocycles. The first-order valence-electron chi connectivity index (χ1n) is 4.95. The van der Waals surface area contributed by atoms with Crippen LogP contribution >= 0.6 is 0 Å². The summed E-state index contributed by atoms with van der Waals surface area (Å²) in [6.45, 7) is 3.20. The molecule has 0 aromatic heterocycles. The monoisotopic (exact) mass is 230 g/mol. The molecule has 4 heteroatoms. The lowest BCUT2D eigenvalue weighted by Gasteiger charge is -2.03. The molecule has 0 saturated heterocycles. The van der Waals surface area contributed by atoms with Gasteiger partial charge in [0.15, 0.2) is 0 Å². The fraction of sp³-hybridized carbons (Fsp3) is 0.455. The largest absolute Gasteiger partial charge is 0.380 e. The van der Waals surface area contributed by atoms with E-state index in [2.05, 4.69) is 0 Å². The van der Waals surface area contributed by atoms with Crippen molar-refractivity contribution in [1.29, 1.82) is 0 Å². The van der Waals surface area contributed by atoms with E-state index in [1.165, 1.54) is 12.1 Å². The summed E-state index contributed by atoms with van der Waals surface area (Å²) < 4.78 is 29.4. The Balaban J connectivity index is 2.37. The molecule has 0 saturated carbocycles. The van der Waals surface area contributed by atoms with E-state index in [1.54, 1.807) is 12.1 Å². The van der Waals surface area contributed by atoms with Crippen LogP contribution in [0.4, 0.5) is 4.39 Å². The van der Waals surface area contributed by atoms with Crippen LogP contribution in [0, 0.1) is 5.82 Å². The van der Waals surface area contributed by atoms with Gasteiger partial charge in [-0.2, -0.15) is 0 Å². The van der Waals surface area contributed by atoms with Crippen LogP contribution in [-0.2, 0) is 15.5 Å². The van der Waals surface area contributed by atoms with Crippen LogP contribution in [0.2, 0.25) is 0 Å². The van der Waals surface area contributed by atoms with E-state index in [9.17, 15) is 8.60 Å². The van der Waals surface area contributed by atoms with Crippen molar-refractivity contribution >= 4 is 10.8 Å². The molecular formula is C11H15FO2S. The minimum absolute atomic E-state index is 0.307. The third-order valence-corrected chi connectivity index (χ3v) is 3.17. The van der Waals surface area contributed by atoms with Gasteiger partial charge in [-0.1, -0.05) is 6.92 Å². The molecule has 0 radical (unpaired) electrons. The highest BCUT2D eigenvalue weighted by atomic mass is 32.2. The molecule has 0 spiro atoms. The van der Waals surface area contributed by atoms with Gasteiger partial charge in [0.05, 0.1) is 23.2 Å². The number of ether oxygens (including phenoxy) is 1. The average Bonchev–Trinajstić information content (AvgIpc) is 2.25. The van der Waals surface area contributed by atoms with Gasteiger partial charge in [0.2, 0.25) is 0 Å². The van der Waals surface area contributed by atoms with Gasteiger partial charge in [-0.15, -0.1) is 0 Å². The Bertz CT molecular complexity index is 311. The molecule has 1 unspecified atom stereocenters. The van der Waals surface area contributed by atoms with E-state index in [4.69, 9.17) is 4.74 Å². The number of hydrogen-bond acceptors (Lipinski definition) is 2. The molecule has 0 bridgehead atoms. The van der Waals surface area contributed by atoms with E-state index >= 15 is 0 Å². The lowest BCUT2D eigenvalue weighted by molar-refractivity contribution is 0.150. The fourth-order valence-electron chi connectivity index (χ4n) is 1.09. The summed E-state index contributed by atoms with van der Waals surface area (Å²) in [4.78, 5) is 0.650. The first-order valence-corrected chi connectivity index (χ1v) is 6.27. The van der Waals surface area contributed by atoms with Gasteiger partial charge in [-0.25, -0.2) is 4.39 Å². The van der Waals surface area contributed by atoms with Crippen LogP contribution in [0.3, 0.4) is 0 Å². The number of benzene rings is 1. The average molecular weight is 230 g/mol. The minimum atomic E-state index is -1.09. The van der Waals surface area contributed by atoms with Crippen molar-refractivity contribution in [3.05, 3.63) is 30.1 Å². The molecule has 84 valence electrons. The standard InChI is InChI=1S/C11H15FO2S/c1-2-7-14-8-9-15(13)11-5-3-10(12)4-6-11/h3-6H,2,7-9H2,1H3. The van der Waals surface area contributed by atoms with Gasteiger partial charge in [0.25, 0.3) is 0 Å². The highest BCUT2D eigenvalue weighted by Crippen LogP contribution is 2.07. The predicted octanol–water partition coefficient (Wildman–Crippen LogP) is 2.36. The highest BCUT2D eigenvalue weighted by Gasteiger charge is 2.03. The molecule has 0 aliphatic carbocycles. The Morgan fingerprint density at radius 3 is 2.53 bits per heavy atom. The summed E-state index contributed by atoms with van der Waals surface area (Å²) in [5.74, 6) is 0.156. The highest BCUT2D eigenvalue weighted by molar-refractivity contribution is 7.85. The van der Waals surface area contributed by atoms with Gasteiger partial charge in [-0.3, -0.25) is 4.21 Å². The second-order valence-electron chi connectivity index (χ2n) is 3.12. The van der Waals surface area contributed by atoms with E-state index in [0.717, 1.165) is 6.42 Å². The lowest BCUT2D eigenvalue weighted by Crippen LogP contribution is -2.06. The Morgan fingerprint density at radius 2 is 1.93 bits per heavy atom. The zero-order chi connectivity index (χ0) is 11.1. The summed E-state index contributed by atoms with van der Waals surface area (Å²) in [5, 5.41) is 0. The van der Waals surface area contributed by atoms with E-state index < -0.39 is 10.8 Å². The quantitative estimate of drug-likeness (QED) is 0.701. The van der Waals surface area contributed by atoms with Crippen LogP contribution in [0.1, 0.15) is 13.3 Å². The van der Waals surface area contributed by atoms with E-state index in [0.29, 0.717) is 23.9 Å². The second kappa shape index (κ2) is 6.69. The Morgan fingerprint density at radius 1 is 1.27 bits per heavy atom. The molecule has 0 heterocycles. The molecular weight excluding hydrogens is 215 g/mol. The smallest absolute Gasteiger partial charge is 0.123 e. The van der Waals surface area contributed by atoms with Gasteiger partial charge >= 0.3 is 0 Å². The summed E-state index contributed by atoms with van der Waals surface area (Å²) in [6.07, 6.45) is 0.961. The third-order valence-electron chi connectivity index (χ3n) is 1.84. The molecule has 0 fully saturated rings. The first kappa shape index (κ1) is 12.3. The summed E-state index contributed by atoms with van der Waals surface area (Å²) in [7, 11) is -1.09. The van der Waals surface area contributed by atoms with Crippen molar-refractivity contribution in [3.8, 4) is 0 Å². The number of halogens is 1. The van der Waals surface area contributed by atoms with Gasteiger partial charge in [-0.05, 0) is 30.7 Å². The molecule has 15 heavy (non-hydrogen) atoms. The third kappa shape index (κ3) is 4.53. The van der Waals surface area contributed by atoms with Gasteiger partial charge < -0.3 is 4.74 Å². The molecule has 1 atom stereocenters. The summed E-state index contributed by atoms with van der Waals surface area (Å²) in [6, 6.07) is 5.73. The van der Waals surface area contributed by atoms with Crippen LogP contribution in [0.5, 0.6) is 0 Å². The van der Waals surface area contributed by atoms with Gasteiger partial charge in [0.1, 0.15) is 5.82 Å². The maximum atomic E-state index is 12.6. The first-order chi connectivity index (χ1) is 7.24. The van der Waals surface area contributed by atoms with Crippen molar-refractivity contribution < 1.29 is 13.3 Å². The van der Waals surface area contributed by atoms with Crippen molar-refractivity contribution in [2.24, 2.45) is 0 Å². The Kier molecular flexibility index (Phi) is 5.50. The Labute approximate surface area is 91.9 Å². The maximum absolute atomic E-state index is 12.6. The summed E-state index contributed by atoms with van der Waals surface area (Å²) >= 11 is 0. The summed E-state index contributed by atoms with van der Waals surface area (Å²) in [5.41, 5.74) is 0. The zero-order valence-electron chi connectivity index (χ0n) is 8.74. The predicted molar refractivity (Wildman–Crippen MR) is 58.8 cm³/mol. The molecule has 2 nitrogen and oxygen atoms in total. The van der Waals surface area contributed by atoms with Crippen LogP contribution in [-0.4, -0.2) is 23.2 Å². The van der Waals surface area contributed by atoms with Crippen molar-refractivity contribution in [2.45, 2.75) is 18.2 Å². The molecule has 0 amide bonds. The van der Waals surface area contributed by atoms with Crippen molar-refractivity contribution in [2.75, 3.05) is 19.0 Å². The topological polar surface area (TPSA) is 26.3 Å².